The summed E-state index contributed by atoms with van der Waals surface area (Å²) in [6.07, 6.45) is 11.1. The second-order valence-corrected chi connectivity index (χ2v) is 15.0. The number of ether oxygens (including phenoxy) is 2. The average Bonchev–Trinajstić information content (AvgIpc) is 3.41. The lowest BCUT2D eigenvalue weighted by Gasteiger charge is -2.59. The molecule has 0 amide bonds. The minimum atomic E-state index is -1.13. The molecule has 0 aromatic heterocycles. The summed E-state index contributed by atoms with van der Waals surface area (Å²) in [6.45, 7) is 12.1. The highest BCUT2D eigenvalue weighted by molar-refractivity contribution is 5.66. The van der Waals surface area contributed by atoms with Crippen molar-refractivity contribution < 1.29 is 29.6 Å². The van der Waals surface area contributed by atoms with Crippen LogP contribution in [0.5, 0.6) is 0 Å². The van der Waals surface area contributed by atoms with E-state index < -0.39 is 11.7 Å². The van der Waals surface area contributed by atoms with Gasteiger partial charge in [0.2, 0.25) is 0 Å². The fourth-order valence-corrected chi connectivity index (χ4v) is 11.3. The molecule has 0 aromatic rings. The number of aliphatic hydroxyl groups excluding tert-OH is 2. The van der Waals surface area contributed by atoms with E-state index in [1.165, 1.54) is 45.4 Å². The number of rotatable bonds is 3. The Morgan fingerprint density at radius 1 is 0.946 bits per heavy atom. The standard InChI is InChI=1S/C30H48O5.CH4O/c1-17(31)34-25(27(4,5)33)21-9-7-19-22(35-21)15-20-18-8-10-23-26(2,3)24(32)11-12-30(23)16-29(18,30)14-13-28(19,20)6;1-2/h18-25,32-33H,7-16H2,1-6H3;2H,1H3/t18-,19?,20?,21+,22+,23?,24-,25-,28?,29-,30?;/m0./s1. The Bertz CT molecular complexity index is 895. The third-order valence-corrected chi connectivity index (χ3v) is 12.9. The molecule has 0 aromatic carbocycles. The molecule has 11 atom stereocenters. The van der Waals surface area contributed by atoms with Crippen LogP contribution < -0.4 is 0 Å². The number of hydrogen-bond donors (Lipinski definition) is 3. The SMILES string of the molecule is CC(=O)O[C@@H]([C@H]1CCC2[C@@H](CC3[C@@H]4CCC5C(C)(C)[C@@H](O)CCC56C[C@@]46CCC23C)O1)C(C)(C)O.CO. The van der Waals surface area contributed by atoms with E-state index in [0.29, 0.717) is 34.0 Å². The molecule has 1 aliphatic heterocycles. The van der Waals surface area contributed by atoms with Crippen molar-refractivity contribution in [1.82, 2.24) is 0 Å². The average molecular weight is 521 g/mol. The molecule has 1 saturated heterocycles. The van der Waals surface area contributed by atoms with Gasteiger partial charge < -0.3 is 24.8 Å². The first kappa shape index (κ1) is 27.9. The van der Waals surface area contributed by atoms with Crippen LogP contribution in [0, 0.1) is 45.3 Å². The van der Waals surface area contributed by atoms with Gasteiger partial charge in [-0.2, -0.15) is 0 Å². The fraction of sp³-hybridized carbons (Fsp3) is 0.968. The number of aliphatic hydroxyl groups is 3. The first-order valence-corrected chi connectivity index (χ1v) is 14.9. The van der Waals surface area contributed by atoms with Gasteiger partial charge in [-0.25, -0.2) is 0 Å². The van der Waals surface area contributed by atoms with Crippen LogP contribution >= 0.6 is 0 Å². The molecule has 5 unspecified atom stereocenters. The number of carbonyl (C=O) groups excluding carboxylic acids is 1. The van der Waals surface area contributed by atoms with Gasteiger partial charge in [0.1, 0.15) is 0 Å². The van der Waals surface area contributed by atoms with Gasteiger partial charge in [-0.3, -0.25) is 4.79 Å². The Balaban J connectivity index is 0.00000137. The first-order chi connectivity index (χ1) is 17.3. The summed E-state index contributed by atoms with van der Waals surface area (Å²) >= 11 is 0. The summed E-state index contributed by atoms with van der Waals surface area (Å²) in [5.41, 5.74) is 0.212. The third-order valence-electron chi connectivity index (χ3n) is 12.9. The molecule has 6 rings (SSSR count). The monoisotopic (exact) mass is 520 g/mol. The Labute approximate surface area is 223 Å². The predicted octanol–water partition coefficient (Wildman–Crippen LogP) is 4.86. The van der Waals surface area contributed by atoms with Gasteiger partial charge in [0.25, 0.3) is 0 Å². The minimum Gasteiger partial charge on any atom is -0.457 e. The van der Waals surface area contributed by atoms with Crippen molar-refractivity contribution in [3.63, 3.8) is 0 Å². The molecule has 0 radical (unpaired) electrons. The van der Waals surface area contributed by atoms with Crippen molar-refractivity contribution >= 4 is 5.97 Å². The molecule has 6 nitrogen and oxygen atoms in total. The zero-order valence-electron chi connectivity index (χ0n) is 24.3. The third kappa shape index (κ3) is 3.82. The zero-order chi connectivity index (χ0) is 27.2. The molecule has 1 heterocycles. The summed E-state index contributed by atoms with van der Waals surface area (Å²) in [5.74, 6) is 2.37. The van der Waals surface area contributed by atoms with Crippen LogP contribution in [-0.4, -0.2) is 58.4 Å². The minimum absolute atomic E-state index is 0.0380. The fourth-order valence-electron chi connectivity index (χ4n) is 11.3. The highest BCUT2D eigenvalue weighted by atomic mass is 16.6. The van der Waals surface area contributed by atoms with Crippen molar-refractivity contribution in [3.8, 4) is 0 Å². The van der Waals surface area contributed by atoms with Crippen LogP contribution in [0.2, 0.25) is 0 Å². The Hall–Kier alpha value is -0.690. The number of fused-ring (bicyclic) bond motifs is 4. The summed E-state index contributed by atoms with van der Waals surface area (Å²) in [4.78, 5) is 11.8. The number of carbonyl (C=O) groups is 1. The van der Waals surface area contributed by atoms with Gasteiger partial charge >= 0.3 is 5.97 Å². The predicted molar refractivity (Wildman–Crippen MR) is 142 cm³/mol. The lowest BCUT2D eigenvalue weighted by molar-refractivity contribution is -0.200. The van der Waals surface area contributed by atoms with Crippen molar-refractivity contribution in [1.29, 1.82) is 0 Å². The quantitative estimate of drug-likeness (QED) is 0.460. The van der Waals surface area contributed by atoms with Crippen LogP contribution in [0.1, 0.15) is 106 Å². The molecular formula is C31H52O6. The van der Waals surface area contributed by atoms with Crippen LogP contribution in [0.25, 0.3) is 0 Å². The van der Waals surface area contributed by atoms with E-state index in [-0.39, 0.29) is 29.7 Å². The van der Waals surface area contributed by atoms with Crippen molar-refractivity contribution in [2.75, 3.05) is 7.11 Å². The lowest BCUT2D eigenvalue weighted by atomic mass is 9.46. The molecule has 3 N–H and O–H groups in total. The Morgan fingerprint density at radius 2 is 1.62 bits per heavy atom. The highest BCUT2D eigenvalue weighted by Crippen LogP contribution is 2.87. The van der Waals surface area contributed by atoms with E-state index in [9.17, 15) is 15.0 Å². The number of hydrogen-bond acceptors (Lipinski definition) is 6. The Kier molecular flexibility index (Phi) is 6.71. The molecule has 37 heavy (non-hydrogen) atoms. The maximum Gasteiger partial charge on any atom is 0.303 e. The first-order valence-electron chi connectivity index (χ1n) is 14.9. The molecular weight excluding hydrogens is 468 g/mol. The molecule has 2 spiro atoms. The van der Waals surface area contributed by atoms with Crippen LogP contribution in [0.3, 0.4) is 0 Å². The molecule has 5 saturated carbocycles. The smallest absolute Gasteiger partial charge is 0.303 e. The van der Waals surface area contributed by atoms with Gasteiger partial charge in [0, 0.05) is 14.0 Å². The summed E-state index contributed by atoms with van der Waals surface area (Å²) in [7, 11) is 1.00. The van der Waals surface area contributed by atoms with E-state index in [2.05, 4.69) is 20.8 Å². The van der Waals surface area contributed by atoms with Gasteiger partial charge in [-0.15, -0.1) is 0 Å². The topological polar surface area (TPSA) is 96.2 Å². The summed E-state index contributed by atoms with van der Waals surface area (Å²) in [5, 5.41) is 28.6. The maximum absolute atomic E-state index is 11.8. The molecule has 0 bridgehead atoms. The van der Waals surface area contributed by atoms with Gasteiger partial charge in [0.15, 0.2) is 6.10 Å². The van der Waals surface area contributed by atoms with Gasteiger partial charge in [-0.1, -0.05) is 20.8 Å². The van der Waals surface area contributed by atoms with Crippen LogP contribution in [0.4, 0.5) is 0 Å². The largest absolute Gasteiger partial charge is 0.457 e. The number of esters is 1. The highest BCUT2D eigenvalue weighted by Gasteiger charge is 2.80. The van der Waals surface area contributed by atoms with E-state index in [0.717, 1.165) is 38.7 Å². The van der Waals surface area contributed by atoms with E-state index in [4.69, 9.17) is 14.6 Å². The molecule has 6 fully saturated rings. The maximum atomic E-state index is 11.8. The van der Waals surface area contributed by atoms with Crippen molar-refractivity contribution in [2.24, 2.45) is 45.3 Å². The van der Waals surface area contributed by atoms with Crippen LogP contribution in [0.15, 0.2) is 0 Å². The Morgan fingerprint density at radius 3 is 2.27 bits per heavy atom. The van der Waals surface area contributed by atoms with E-state index in [1.807, 2.05) is 0 Å². The van der Waals surface area contributed by atoms with Gasteiger partial charge in [0.05, 0.1) is 23.9 Å². The van der Waals surface area contributed by atoms with Gasteiger partial charge in [-0.05, 0) is 123 Å². The molecule has 6 heteroatoms. The van der Waals surface area contributed by atoms with Crippen molar-refractivity contribution in [2.45, 2.75) is 136 Å². The van der Waals surface area contributed by atoms with Crippen molar-refractivity contribution in [3.05, 3.63) is 0 Å². The molecule has 212 valence electrons. The summed E-state index contributed by atoms with van der Waals surface area (Å²) < 4.78 is 12.4. The molecule has 6 aliphatic rings. The second kappa shape index (κ2) is 8.91. The zero-order valence-corrected chi connectivity index (χ0v) is 24.3. The summed E-state index contributed by atoms with van der Waals surface area (Å²) in [6, 6.07) is 0. The lowest BCUT2D eigenvalue weighted by Crippen LogP contribution is -2.54. The van der Waals surface area contributed by atoms with Crippen LogP contribution in [-0.2, 0) is 14.3 Å². The second-order valence-electron chi connectivity index (χ2n) is 15.0. The van der Waals surface area contributed by atoms with E-state index >= 15 is 0 Å². The van der Waals surface area contributed by atoms with E-state index in [1.54, 1.807) is 13.8 Å². The normalized spacial score (nSPS) is 50.1. The molecule has 5 aliphatic carbocycles.